The normalized spacial score (nSPS) is 13.5. The highest BCUT2D eigenvalue weighted by molar-refractivity contribution is 6.85. The van der Waals surface area contributed by atoms with Crippen LogP contribution in [0.25, 0.3) is 44.5 Å². The largest absolute Gasteiger partial charge is 0.507 e. The van der Waals surface area contributed by atoms with Crippen LogP contribution in [0, 0.1) is 13.8 Å². The topological polar surface area (TPSA) is 58.9 Å². The summed E-state index contributed by atoms with van der Waals surface area (Å²) >= 11 is 0. The molecule has 0 unspecified atom stereocenters. The van der Waals surface area contributed by atoms with Gasteiger partial charge < -0.3 is 19.7 Å². The van der Waals surface area contributed by atoms with E-state index in [-0.39, 0.29) is 54.1 Å². The van der Waals surface area contributed by atoms with Gasteiger partial charge in [-0.2, -0.15) is 0 Å². The van der Waals surface area contributed by atoms with Gasteiger partial charge in [-0.05, 0) is 137 Å². The molecule has 6 rings (SSSR count). The molecule has 2 N–H and O–H groups in total. The lowest BCUT2D eigenvalue weighted by molar-refractivity contribution is 0.310. The van der Waals surface area contributed by atoms with Crippen molar-refractivity contribution in [2.45, 2.75) is 223 Å². The number of ether oxygens (including phenoxy) is 2. The molecule has 0 bridgehead atoms. The van der Waals surface area contributed by atoms with Crippen molar-refractivity contribution in [3.8, 4) is 67.5 Å². The minimum absolute atomic E-state index is 0.0566. The van der Waals surface area contributed by atoms with Crippen molar-refractivity contribution < 1.29 is 19.7 Å². The maximum Gasteiger partial charge on any atom is 0.152 e. The van der Waals surface area contributed by atoms with Crippen LogP contribution in [0.1, 0.15) is 211 Å². The molecule has 0 radical (unpaired) electrons. The van der Waals surface area contributed by atoms with Crippen molar-refractivity contribution in [3.63, 3.8) is 0 Å². The Hall–Kier alpha value is -5.26. The van der Waals surface area contributed by atoms with Crippen LogP contribution in [0.5, 0.6) is 23.0 Å². The predicted molar refractivity (Wildman–Crippen MR) is 336 cm³/mol. The smallest absolute Gasteiger partial charge is 0.152 e. The van der Waals surface area contributed by atoms with Gasteiger partial charge in [0.25, 0.3) is 0 Å². The summed E-state index contributed by atoms with van der Waals surface area (Å²) in [4.78, 5) is 0. The molecule has 5 heteroatoms. The van der Waals surface area contributed by atoms with Crippen LogP contribution in [-0.2, 0) is 32.5 Å². The maximum absolute atomic E-state index is 12.8. The monoisotopic (exact) mass is 1060 g/mol. The number of benzene rings is 6. The first-order valence-electron chi connectivity index (χ1n) is 28.4. The van der Waals surface area contributed by atoms with E-state index in [9.17, 15) is 10.2 Å². The number of hydrogen-bond donors (Lipinski definition) is 2. The molecule has 0 saturated heterocycles. The Morgan fingerprint density at radius 1 is 0.338 bits per heavy atom. The quantitative estimate of drug-likeness (QED) is 0.134. The fourth-order valence-electron chi connectivity index (χ4n) is 11.1. The summed E-state index contributed by atoms with van der Waals surface area (Å²) in [6.45, 7) is 59.2. The van der Waals surface area contributed by atoms with E-state index in [1.54, 1.807) is 0 Å². The highest BCUT2D eigenvalue weighted by Crippen LogP contribution is 2.55. The molecule has 6 aromatic carbocycles. The summed E-state index contributed by atoms with van der Waals surface area (Å²) in [6, 6.07) is 35.0. The molecule has 77 heavy (non-hydrogen) atoms. The third-order valence-electron chi connectivity index (χ3n) is 16.5. The summed E-state index contributed by atoms with van der Waals surface area (Å²) < 4.78 is 15.5. The molecule has 0 aliphatic carbocycles. The van der Waals surface area contributed by atoms with Gasteiger partial charge in [-0.3, -0.25) is 0 Å². The van der Waals surface area contributed by atoms with Gasteiger partial charge in [-0.1, -0.05) is 227 Å². The molecular formula is C72H100O4Si. The van der Waals surface area contributed by atoms with E-state index >= 15 is 0 Å². The average Bonchev–Trinajstić information content (AvgIpc) is 3.27. The fourth-order valence-corrected chi connectivity index (χ4v) is 15.9. The first-order valence-corrected chi connectivity index (χ1v) is 30.8. The van der Waals surface area contributed by atoms with E-state index in [0.717, 1.165) is 78.3 Å². The summed E-state index contributed by atoms with van der Waals surface area (Å²) in [7, 11) is -2.87. The SMILES string of the molecule is Cc1cc(-c2cccc(C(C)(C)C)c2)c(O)c(-c2cc(C(C)(C)C)cc(C(C)(C)C)c2OC[Si](COc2c(-c3cc(C)cc(-c4cccc(C(C)(C)C)c4)c3O)cc(C(C)(C)C)cc2C(C)(C)C)(C(C)(C)C)C(C)(C)C)c1. The van der Waals surface area contributed by atoms with Gasteiger partial charge in [0.05, 0.1) is 12.5 Å². The summed E-state index contributed by atoms with van der Waals surface area (Å²) in [5.41, 5.74) is 15.0. The molecule has 0 amide bonds. The standard InChI is InChI=1S/C72H100O4Si/c1-45-33-53(47-29-27-31-49(37-47)65(3,4)5)61(73)55(35-45)57-39-51(67(9,10)11)41-59(69(15,16)17)63(57)75-43-77(71(21,22)23,72(24,25)26)44-76-64-58(40-52(68(12,13)14)42-60(64)70(18,19)20)56-36-46(2)34-54(62(56)74)48-30-28-32-50(38-48)66(6,7)8/h27-42,73-74H,43-44H2,1-26H3. The van der Waals surface area contributed by atoms with E-state index in [1.165, 1.54) is 22.3 Å². The number of aromatic hydroxyl groups is 2. The van der Waals surface area contributed by atoms with Crippen LogP contribution in [0.3, 0.4) is 0 Å². The van der Waals surface area contributed by atoms with Crippen molar-refractivity contribution in [2.75, 3.05) is 12.5 Å². The molecule has 4 nitrogen and oxygen atoms in total. The average molecular weight is 1060 g/mol. The van der Waals surface area contributed by atoms with Crippen molar-refractivity contribution >= 4 is 8.07 Å². The molecule has 0 spiro atoms. The highest BCUT2D eigenvalue weighted by Gasteiger charge is 2.55. The third-order valence-corrected chi connectivity index (χ3v) is 23.5. The molecule has 0 aliphatic heterocycles. The molecule has 0 saturated carbocycles. The highest BCUT2D eigenvalue weighted by atomic mass is 28.3. The van der Waals surface area contributed by atoms with Crippen LogP contribution in [-0.4, -0.2) is 30.7 Å². The van der Waals surface area contributed by atoms with E-state index < -0.39 is 8.07 Å². The zero-order chi connectivity index (χ0) is 58.2. The first-order chi connectivity index (χ1) is 34.9. The Labute approximate surface area is 469 Å². The van der Waals surface area contributed by atoms with E-state index in [0.29, 0.717) is 12.5 Å². The second-order valence-electron chi connectivity index (χ2n) is 31.0. The minimum atomic E-state index is -2.87. The molecule has 0 heterocycles. The van der Waals surface area contributed by atoms with Crippen molar-refractivity contribution in [1.29, 1.82) is 0 Å². The first kappa shape index (κ1) is 61.0. The Morgan fingerprint density at radius 2 is 0.636 bits per heavy atom. The lowest BCUT2D eigenvalue weighted by Crippen LogP contribution is -2.61. The van der Waals surface area contributed by atoms with Crippen LogP contribution >= 0.6 is 0 Å². The van der Waals surface area contributed by atoms with E-state index in [1.807, 2.05) is 0 Å². The van der Waals surface area contributed by atoms with Gasteiger partial charge in [0.1, 0.15) is 23.0 Å². The molecule has 0 aliphatic rings. The number of phenols is 2. The van der Waals surface area contributed by atoms with Crippen molar-refractivity contribution in [2.24, 2.45) is 0 Å². The number of aryl methyl sites for hydroxylation is 2. The van der Waals surface area contributed by atoms with Gasteiger partial charge in [0.2, 0.25) is 0 Å². The van der Waals surface area contributed by atoms with Gasteiger partial charge in [-0.25, -0.2) is 0 Å². The zero-order valence-electron chi connectivity index (χ0n) is 52.9. The second-order valence-corrected chi connectivity index (χ2v) is 36.8. The Morgan fingerprint density at radius 3 is 0.909 bits per heavy atom. The summed E-state index contributed by atoms with van der Waals surface area (Å²) in [5, 5.41) is 25.1. The van der Waals surface area contributed by atoms with Gasteiger partial charge >= 0.3 is 0 Å². The molecule has 0 atom stereocenters. The molecule has 6 aromatic rings. The predicted octanol–water partition coefficient (Wildman–Crippen LogP) is 20.8. The number of hydrogen-bond acceptors (Lipinski definition) is 4. The number of phenolic OH excluding ortho intramolecular Hbond substituents is 2. The van der Waals surface area contributed by atoms with E-state index in [4.69, 9.17) is 9.47 Å². The Kier molecular flexibility index (Phi) is 16.4. The Balaban J connectivity index is 1.62. The maximum atomic E-state index is 12.8. The minimum Gasteiger partial charge on any atom is -0.507 e. The van der Waals surface area contributed by atoms with Gasteiger partial charge in [0.15, 0.2) is 8.07 Å². The molecule has 0 fully saturated rings. The molecular weight excluding hydrogens is 957 g/mol. The zero-order valence-corrected chi connectivity index (χ0v) is 53.9. The number of rotatable bonds is 10. The van der Waals surface area contributed by atoms with Crippen molar-refractivity contribution in [1.82, 2.24) is 0 Å². The fraction of sp³-hybridized carbons (Fsp3) is 0.500. The van der Waals surface area contributed by atoms with E-state index in [2.05, 4.69) is 277 Å². The van der Waals surface area contributed by atoms with Gasteiger partial charge in [0, 0.05) is 44.5 Å². The van der Waals surface area contributed by atoms with Crippen LogP contribution in [0.15, 0.2) is 97.1 Å². The third kappa shape index (κ3) is 12.9. The summed E-state index contributed by atoms with van der Waals surface area (Å²) in [6.07, 6.45) is 0.921. The van der Waals surface area contributed by atoms with Crippen molar-refractivity contribution in [3.05, 3.63) is 142 Å². The Bertz CT molecular complexity index is 2910. The van der Waals surface area contributed by atoms with Crippen LogP contribution < -0.4 is 9.47 Å². The lowest BCUT2D eigenvalue weighted by atomic mass is 9.77. The molecule has 416 valence electrons. The lowest BCUT2D eigenvalue weighted by Gasteiger charge is -2.51. The van der Waals surface area contributed by atoms with Crippen LogP contribution in [0.4, 0.5) is 0 Å². The van der Waals surface area contributed by atoms with Crippen LogP contribution in [0.2, 0.25) is 10.1 Å². The summed E-state index contributed by atoms with van der Waals surface area (Å²) in [5.74, 6) is 2.12. The van der Waals surface area contributed by atoms with Gasteiger partial charge in [-0.15, -0.1) is 0 Å². The second kappa shape index (κ2) is 20.8. The molecule has 0 aromatic heterocycles.